The lowest BCUT2D eigenvalue weighted by Gasteiger charge is -2.27. The predicted octanol–water partition coefficient (Wildman–Crippen LogP) is 5.27. The second-order valence-corrected chi connectivity index (χ2v) is 7.24. The van der Waals surface area contributed by atoms with E-state index in [0.717, 1.165) is 17.5 Å². The van der Waals surface area contributed by atoms with Crippen molar-refractivity contribution in [2.24, 2.45) is 0 Å². The molecule has 0 spiro atoms. The van der Waals surface area contributed by atoms with E-state index in [1.54, 1.807) is 18.2 Å². The highest BCUT2D eigenvalue weighted by atomic mass is 35.5. The van der Waals surface area contributed by atoms with Gasteiger partial charge in [-0.2, -0.15) is 4.98 Å². The van der Waals surface area contributed by atoms with Gasteiger partial charge in [-0.1, -0.05) is 54.0 Å². The molecule has 0 aliphatic carbocycles. The van der Waals surface area contributed by atoms with Crippen LogP contribution in [0.4, 0.5) is 0 Å². The van der Waals surface area contributed by atoms with Gasteiger partial charge in [0.15, 0.2) is 0 Å². The summed E-state index contributed by atoms with van der Waals surface area (Å²) in [7, 11) is 0. The van der Waals surface area contributed by atoms with Crippen molar-refractivity contribution in [2.45, 2.75) is 32.7 Å². The van der Waals surface area contributed by atoms with Crippen molar-refractivity contribution < 1.29 is 9.32 Å². The first-order valence-electron chi connectivity index (χ1n) is 9.69. The van der Waals surface area contributed by atoms with Gasteiger partial charge in [-0.05, 0) is 49.2 Å². The first-order valence-corrected chi connectivity index (χ1v) is 10.1. The fourth-order valence-electron chi connectivity index (χ4n) is 2.88. The molecular formula is C23H24ClN3O2. The maximum absolute atomic E-state index is 12.8. The van der Waals surface area contributed by atoms with Crippen LogP contribution in [0.3, 0.4) is 0 Å². The Balaban J connectivity index is 1.65. The fraction of sp³-hybridized carbons (Fsp3) is 0.261. The van der Waals surface area contributed by atoms with E-state index < -0.39 is 0 Å². The maximum Gasteiger partial charge on any atom is 0.246 e. The van der Waals surface area contributed by atoms with Gasteiger partial charge in [0.2, 0.25) is 17.6 Å². The smallest absolute Gasteiger partial charge is 0.246 e. The Labute approximate surface area is 176 Å². The summed E-state index contributed by atoms with van der Waals surface area (Å²) in [5, 5.41) is 4.69. The van der Waals surface area contributed by atoms with Crippen LogP contribution in [0.25, 0.3) is 17.5 Å². The molecular weight excluding hydrogens is 386 g/mol. The number of aromatic nitrogens is 2. The molecule has 0 aliphatic heterocycles. The Hall–Kier alpha value is -2.92. The third-order valence-corrected chi connectivity index (χ3v) is 5.01. The summed E-state index contributed by atoms with van der Waals surface area (Å²) in [5.41, 5.74) is 1.83. The van der Waals surface area contributed by atoms with Crippen molar-refractivity contribution in [1.82, 2.24) is 15.0 Å². The Morgan fingerprint density at radius 1 is 1.17 bits per heavy atom. The summed E-state index contributed by atoms with van der Waals surface area (Å²) >= 11 is 5.92. The van der Waals surface area contributed by atoms with Crippen LogP contribution in [0.5, 0.6) is 0 Å². The third-order valence-electron chi connectivity index (χ3n) is 4.76. The van der Waals surface area contributed by atoms with Crippen LogP contribution in [0.15, 0.2) is 65.2 Å². The molecule has 3 rings (SSSR count). The maximum atomic E-state index is 12.8. The number of rotatable bonds is 8. The third kappa shape index (κ3) is 5.78. The van der Waals surface area contributed by atoms with E-state index >= 15 is 0 Å². The molecule has 29 heavy (non-hydrogen) atoms. The minimum atomic E-state index is -0.0272. The molecule has 1 aromatic heterocycles. The van der Waals surface area contributed by atoms with E-state index in [2.05, 4.69) is 17.1 Å². The Morgan fingerprint density at radius 2 is 1.90 bits per heavy atom. The molecule has 0 saturated heterocycles. The van der Waals surface area contributed by atoms with Crippen molar-refractivity contribution in [3.05, 3.63) is 77.2 Å². The minimum Gasteiger partial charge on any atom is -0.339 e. The zero-order valence-corrected chi connectivity index (χ0v) is 17.3. The van der Waals surface area contributed by atoms with Gasteiger partial charge >= 0.3 is 0 Å². The van der Waals surface area contributed by atoms with Gasteiger partial charge in [-0.25, -0.2) is 0 Å². The van der Waals surface area contributed by atoms with Gasteiger partial charge in [0.05, 0.1) is 0 Å². The Bertz CT molecular complexity index is 952. The number of benzene rings is 2. The molecule has 150 valence electrons. The first-order chi connectivity index (χ1) is 14.1. The lowest BCUT2D eigenvalue weighted by Crippen LogP contribution is -2.38. The Morgan fingerprint density at radius 3 is 2.59 bits per heavy atom. The summed E-state index contributed by atoms with van der Waals surface area (Å²) in [6, 6.07) is 17.2. The molecule has 0 radical (unpaired) electrons. The van der Waals surface area contributed by atoms with E-state index in [4.69, 9.17) is 16.1 Å². The molecule has 1 unspecified atom stereocenters. The summed E-state index contributed by atoms with van der Waals surface area (Å²) in [6.45, 7) is 4.62. The quantitative estimate of drug-likeness (QED) is 0.475. The van der Waals surface area contributed by atoms with Crippen LogP contribution in [0, 0.1) is 0 Å². The summed E-state index contributed by atoms with van der Waals surface area (Å²) in [5.74, 6) is 0.991. The van der Waals surface area contributed by atoms with Gasteiger partial charge in [-0.3, -0.25) is 4.79 Å². The number of nitrogens with zero attached hydrogens (tertiary/aromatic N) is 3. The molecule has 0 bridgehead atoms. The van der Waals surface area contributed by atoms with Crippen LogP contribution in [-0.4, -0.2) is 33.5 Å². The van der Waals surface area contributed by atoms with Gasteiger partial charge in [0, 0.05) is 35.7 Å². The summed E-state index contributed by atoms with van der Waals surface area (Å²) in [4.78, 5) is 19.0. The number of carbonyl (C=O) groups is 1. The largest absolute Gasteiger partial charge is 0.339 e. The standard InChI is InChI=1S/C23H24ClN3O2/c1-3-17(2)27(22(28)14-9-18-7-5-4-6-8-18)16-15-21-25-23(26-29-21)19-10-12-20(24)13-11-19/h4-14,17H,3,15-16H2,1-2H3/b14-9+. The molecule has 2 aromatic carbocycles. The molecule has 3 aromatic rings. The molecule has 0 saturated carbocycles. The lowest BCUT2D eigenvalue weighted by atomic mass is 10.1. The fourth-order valence-corrected chi connectivity index (χ4v) is 3.01. The normalized spacial score (nSPS) is 12.2. The molecule has 6 heteroatoms. The van der Waals surface area contributed by atoms with E-state index in [9.17, 15) is 4.79 Å². The molecule has 1 atom stereocenters. The van der Waals surface area contributed by atoms with Crippen molar-refractivity contribution in [2.75, 3.05) is 6.54 Å². The number of hydrogen-bond donors (Lipinski definition) is 0. The van der Waals surface area contributed by atoms with E-state index in [-0.39, 0.29) is 11.9 Å². The van der Waals surface area contributed by atoms with Crippen LogP contribution in [-0.2, 0) is 11.2 Å². The minimum absolute atomic E-state index is 0.0272. The van der Waals surface area contributed by atoms with Crippen molar-refractivity contribution >= 4 is 23.6 Å². The number of amides is 1. The molecule has 1 amide bonds. The number of carbonyl (C=O) groups excluding carboxylic acids is 1. The van der Waals surface area contributed by atoms with Gasteiger partial charge in [0.25, 0.3) is 0 Å². The SMILES string of the molecule is CCC(C)N(CCc1nc(-c2ccc(Cl)cc2)no1)C(=O)/C=C/c1ccccc1. The zero-order valence-electron chi connectivity index (χ0n) is 16.6. The molecule has 0 fully saturated rings. The van der Waals surface area contributed by atoms with E-state index in [1.807, 2.05) is 60.4 Å². The molecule has 1 heterocycles. The van der Waals surface area contributed by atoms with Crippen LogP contribution >= 0.6 is 11.6 Å². The van der Waals surface area contributed by atoms with Gasteiger partial charge in [0.1, 0.15) is 0 Å². The lowest BCUT2D eigenvalue weighted by molar-refractivity contribution is -0.128. The monoisotopic (exact) mass is 409 g/mol. The van der Waals surface area contributed by atoms with Crippen LogP contribution in [0.1, 0.15) is 31.7 Å². The van der Waals surface area contributed by atoms with Crippen LogP contribution in [0.2, 0.25) is 5.02 Å². The second-order valence-electron chi connectivity index (χ2n) is 6.80. The topological polar surface area (TPSA) is 59.2 Å². The van der Waals surface area contributed by atoms with Crippen molar-refractivity contribution in [3.8, 4) is 11.4 Å². The van der Waals surface area contributed by atoms with Crippen molar-refractivity contribution in [1.29, 1.82) is 0 Å². The number of hydrogen-bond acceptors (Lipinski definition) is 4. The second kappa shape index (κ2) is 10.0. The van der Waals surface area contributed by atoms with Gasteiger partial charge < -0.3 is 9.42 Å². The molecule has 5 nitrogen and oxygen atoms in total. The highest BCUT2D eigenvalue weighted by molar-refractivity contribution is 6.30. The first kappa shape index (κ1) is 20.8. The highest BCUT2D eigenvalue weighted by Crippen LogP contribution is 2.19. The summed E-state index contributed by atoms with van der Waals surface area (Å²) in [6.07, 6.45) is 4.82. The van der Waals surface area contributed by atoms with E-state index in [1.165, 1.54) is 0 Å². The zero-order chi connectivity index (χ0) is 20.6. The molecule has 0 aliphatic rings. The average Bonchev–Trinajstić information content (AvgIpc) is 3.22. The van der Waals surface area contributed by atoms with E-state index in [0.29, 0.717) is 29.7 Å². The summed E-state index contributed by atoms with van der Waals surface area (Å²) < 4.78 is 5.37. The molecule has 0 N–H and O–H groups in total. The number of halogens is 1. The average molecular weight is 410 g/mol. The Kier molecular flexibility index (Phi) is 7.19. The predicted molar refractivity (Wildman–Crippen MR) is 115 cm³/mol. The van der Waals surface area contributed by atoms with Crippen molar-refractivity contribution in [3.63, 3.8) is 0 Å². The highest BCUT2D eigenvalue weighted by Gasteiger charge is 2.18. The van der Waals surface area contributed by atoms with Crippen LogP contribution < -0.4 is 0 Å². The van der Waals surface area contributed by atoms with Gasteiger partial charge in [-0.15, -0.1) is 0 Å².